The van der Waals surface area contributed by atoms with E-state index < -0.39 is 6.17 Å². The van der Waals surface area contributed by atoms with Crippen LogP contribution in [0, 0.1) is 11.8 Å². The van der Waals surface area contributed by atoms with Gasteiger partial charge in [0.15, 0.2) is 0 Å². The number of piperidine rings is 1. The third-order valence-corrected chi connectivity index (χ3v) is 8.62. The van der Waals surface area contributed by atoms with Gasteiger partial charge in [0.1, 0.15) is 11.9 Å². The van der Waals surface area contributed by atoms with E-state index in [1.54, 1.807) is 30.7 Å². The molecule has 7 heteroatoms. The van der Waals surface area contributed by atoms with Gasteiger partial charge in [0.2, 0.25) is 0 Å². The fourth-order valence-electron chi connectivity index (χ4n) is 4.82. The molecule has 0 spiro atoms. The summed E-state index contributed by atoms with van der Waals surface area (Å²) >= 11 is 3.66. The average Bonchev–Trinajstić information content (AvgIpc) is 3.38. The fraction of sp³-hybridized carbons (Fsp3) is 0.500. The third kappa shape index (κ3) is 6.47. The lowest BCUT2D eigenvalue weighted by atomic mass is 9.81. The predicted octanol–water partition coefficient (Wildman–Crippen LogP) is 6.21. The molecular formula is C26H33FN2O2S2. The van der Waals surface area contributed by atoms with Crippen molar-refractivity contribution in [3.05, 3.63) is 52.9 Å². The van der Waals surface area contributed by atoms with Crippen molar-refractivity contribution < 1.29 is 14.2 Å². The van der Waals surface area contributed by atoms with Gasteiger partial charge in [0.05, 0.1) is 12.6 Å². The summed E-state index contributed by atoms with van der Waals surface area (Å²) in [5.74, 6) is 2.43. The van der Waals surface area contributed by atoms with E-state index in [2.05, 4.69) is 26.7 Å². The summed E-state index contributed by atoms with van der Waals surface area (Å²) in [6, 6.07) is 9.56. The van der Waals surface area contributed by atoms with Crippen LogP contribution in [0.3, 0.4) is 0 Å². The molecule has 33 heavy (non-hydrogen) atoms. The van der Waals surface area contributed by atoms with Gasteiger partial charge in [-0.1, -0.05) is 0 Å². The second-order valence-electron chi connectivity index (χ2n) is 8.78. The zero-order chi connectivity index (χ0) is 23.0. The highest BCUT2D eigenvalue weighted by Crippen LogP contribution is 2.35. The Morgan fingerprint density at radius 2 is 2.21 bits per heavy atom. The molecule has 3 atom stereocenters. The van der Waals surface area contributed by atoms with E-state index in [0.29, 0.717) is 23.7 Å². The minimum atomic E-state index is -1.05. The summed E-state index contributed by atoms with van der Waals surface area (Å²) in [6.07, 6.45) is 4.07. The van der Waals surface area contributed by atoms with Gasteiger partial charge in [0.25, 0.3) is 0 Å². The number of nitrogens with zero attached hydrogens (tertiary/aromatic N) is 2. The summed E-state index contributed by atoms with van der Waals surface area (Å²) in [7, 11) is 1.62. The Hall–Kier alpha value is -1.67. The van der Waals surface area contributed by atoms with Gasteiger partial charge in [0, 0.05) is 35.0 Å². The van der Waals surface area contributed by atoms with Crippen molar-refractivity contribution in [1.82, 2.24) is 9.88 Å². The zero-order valence-corrected chi connectivity index (χ0v) is 20.8. The lowest BCUT2D eigenvalue weighted by molar-refractivity contribution is 0.0640. The van der Waals surface area contributed by atoms with Crippen molar-refractivity contribution >= 4 is 34.0 Å². The molecule has 1 fully saturated rings. The van der Waals surface area contributed by atoms with Crippen molar-refractivity contribution in [2.24, 2.45) is 11.8 Å². The molecule has 0 bridgehead atoms. The maximum atomic E-state index is 15.3. The van der Waals surface area contributed by atoms with Crippen LogP contribution < -0.4 is 4.74 Å². The van der Waals surface area contributed by atoms with Gasteiger partial charge in [-0.15, -0.1) is 11.8 Å². The molecule has 3 heterocycles. The van der Waals surface area contributed by atoms with Crippen molar-refractivity contribution in [2.75, 3.05) is 39.1 Å². The maximum Gasteiger partial charge on any atom is 0.126 e. The first-order valence-electron chi connectivity index (χ1n) is 11.7. The lowest BCUT2D eigenvalue weighted by Gasteiger charge is -2.38. The molecule has 178 valence electrons. The second-order valence-corrected chi connectivity index (χ2v) is 10.7. The van der Waals surface area contributed by atoms with Gasteiger partial charge >= 0.3 is 0 Å². The number of fused-ring (bicyclic) bond motifs is 1. The second kappa shape index (κ2) is 12.2. The number of aromatic nitrogens is 1. The number of pyridine rings is 1. The Labute approximate surface area is 204 Å². The van der Waals surface area contributed by atoms with Crippen LogP contribution >= 0.6 is 23.1 Å². The number of aliphatic hydroxyl groups is 1. The standard InChI is InChI=1S/C26H33FN2O2S2/c1-31-21-4-6-26-24(15-21)23(7-10-28-26)25(27)5-3-19-8-12-29(16-20(19)17-30)11-2-13-33-22-9-14-32-18-22/h4,6-7,9-10,14-15,18-20,25,30H,2-3,5,8,11-13,16-17H2,1H3/t19-,20-,25+/m1/s1. The summed E-state index contributed by atoms with van der Waals surface area (Å²) in [4.78, 5) is 8.19. The quantitative estimate of drug-likeness (QED) is 0.257. The Balaban J connectivity index is 1.27. The molecule has 0 amide bonds. The Morgan fingerprint density at radius 3 is 3.00 bits per heavy atom. The molecule has 0 saturated carbocycles. The largest absolute Gasteiger partial charge is 0.497 e. The first-order chi connectivity index (χ1) is 16.2. The number of ether oxygens (including phenoxy) is 1. The van der Waals surface area contributed by atoms with E-state index in [1.807, 2.05) is 30.0 Å². The van der Waals surface area contributed by atoms with Crippen molar-refractivity contribution in [3.63, 3.8) is 0 Å². The number of likely N-dealkylation sites (tertiary alicyclic amines) is 1. The molecule has 1 aliphatic rings. The van der Waals surface area contributed by atoms with E-state index >= 15 is 4.39 Å². The number of aliphatic hydroxyl groups excluding tert-OH is 1. The zero-order valence-electron chi connectivity index (χ0n) is 19.2. The summed E-state index contributed by atoms with van der Waals surface area (Å²) < 4.78 is 20.7. The third-order valence-electron chi connectivity index (χ3n) is 6.70. The van der Waals surface area contributed by atoms with Crippen LogP contribution in [0.25, 0.3) is 10.9 Å². The predicted molar refractivity (Wildman–Crippen MR) is 136 cm³/mol. The highest BCUT2D eigenvalue weighted by Gasteiger charge is 2.29. The molecule has 0 radical (unpaired) electrons. The topological polar surface area (TPSA) is 45.6 Å². The Morgan fingerprint density at radius 1 is 1.30 bits per heavy atom. The van der Waals surface area contributed by atoms with Crippen LogP contribution in [0.4, 0.5) is 4.39 Å². The fourth-order valence-corrected chi connectivity index (χ4v) is 6.54. The molecule has 0 aliphatic carbocycles. The van der Waals surface area contributed by atoms with Gasteiger partial charge < -0.3 is 14.7 Å². The van der Waals surface area contributed by atoms with E-state index in [-0.39, 0.29) is 12.5 Å². The summed E-state index contributed by atoms with van der Waals surface area (Å²) in [5, 5.41) is 15.1. The van der Waals surface area contributed by atoms with Crippen LogP contribution in [-0.2, 0) is 0 Å². The summed E-state index contributed by atoms with van der Waals surface area (Å²) in [6.45, 7) is 3.20. The van der Waals surface area contributed by atoms with Gasteiger partial charge in [-0.05, 0) is 97.6 Å². The van der Waals surface area contributed by atoms with E-state index in [1.165, 1.54) is 4.90 Å². The minimum absolute atomic E-state index is 0.178. The number of methoxy groups -OCH3 is 1. The van der Waals surface area contributed by atoms with Crippen molar-refractivity contribution in [1.29, 1.82) is 0 Å². The lowest BCUT2D eigenvalue weighted by Crippen LogP contribution is -2.42. The average molecular weight is 489 g/mol. The SMILES string of the molecule is COc1ccc2nccc([C@@H](F)CC[C@@H]3CCN(CCCSc4ccsc4)C[C@@H]3CO)c2c1. The molecule has 4 nitrogen and oxygen atoms in total. The first kappa shape index (κ1) is 24.5. The highest BCUT2D eigenvalue weighted by atomic mass is 32.2. The van der Waals surface area contributed by atoms with E-state index in [0.717, 1.165) is 55.6 Å². The normalized spacial score (nSPS) is 20.2. The molecule has 1 aromatic carbocycles. The Bertz CT molecular complexity index is 1000. The number of thiophene rings is 1. The molecule has 2 aromatic heterocycles. The minimum Gasteiger partial charge on any atom is -0.497 e. The molecule has 0 unspecified atom stereocenters. The van der Waals surface area contributed by atoms with E-state index in [9.17, 15) is 5.11 Å². The smallest absolute Gasteiger partial charge is 0.126 e. The van der Waals surface area contributed by atoms with Gasteiger partial charge in [-0.25, -0.2) is 4.39 Å². The summed E-state index contributed by atoms with van der Waals surface area (Å²) in [5.41, 5.74) is 1.47. The van der Waals surface area contributed by atoms with Crippen LogP contribution in [0.2, 0.25) is 0 Å². The number of hydrogen-bond donors (Lipinski definition) is 1. The first-order valence-corrected chi connectivity index (χ1v) is 13.7. The van der Waals surface area contributed by atoms with Crippen LogP contribution in [0.15, 0.2) is 52.2 Å². The monoisotopic (exact) mass is 488 g/mol. The van der Waals surface area contributed by atoms with Crippen LogP contribution in [-0.4, -0.2) is 54.1 Å². The maximum absolute atomic E-state index is 15.3. The molecule has 1 N–H and O–H groups in total. The molecule has 4 rings (SSSR count). The molecule has 3 aromatic rings. The Kier molecular flexibility index (Phi) is 9.01. The molecule has 1 aliphatic heterocycles. The number of benzene rings is 1. The van der Waals surface area contributed by atoms with Crippen molar-refractivity contribution in [3.8, 4) is 5.75 Å². The van der Waals surface area contributed by atoms with Crippen LogP contribution in [0.1, 0.15) is 37.4 Å². The number of thioether (sulfide) groups is 1. The van der Waals surface area contributed by atoms with Crippen molar-refractivity contribution in [2.45, 2.75) is 36.8 Å². The number of halogens is 1. The van der Waals surface area contributed by atoms with Gasteiger partial charge in [-0.2, -0.15) is 11.3 Å². The number of alkyl halides is 1. The number of rotatable bonds is 11. The van der Waals surface area contributed by atoms with Gasteiger partial charge in [-0.3, -0.25) is 4.98 Å². The van der Waals surface area contributed by atoms with Crippen LogP contribution in [0.5, 0.6) is 5.75 Å². The molecular weight excluding hydrogens is 455 g/mol. The molecule has 1 saturated heterocycles. The number of hydrogen-bond acceptors (Lipinski definition) is 6. The van der Waals surface area contributed by atoms with E-state index in [4.69, 9.17) is 4.74 Å². The highest BCUT2D eigenvalue weighted by molar-refractivity contribution is 7.99.